The van der Waals surface area contributed by atoms with Crippen LogP contribution in [0.1, 0.15) is 171 Å². The zero-order valence-electron chi connectivity index (χ0n) is 69.2. The van der Waals surface area contributed by atoms with Gasteiger partial charge in [0.15, 0.2) is 35.1 Å². The standard InChI is InChI=1S/C25H22F3NO3.C25H24FNO2.C25H25NO2.C24H22ClNO3/c1-14-12-15-8-6-7-9-17(15)21(20(14)22(23(30)31)32-24(2,3)4)18-11-10-16(25(26,27)28)13-19(18)29-5;1-15-13-17-9-7-8-10-19(17)23(18-11-12-20(26)21(14-18)27-6)22(15)24(16(2)28)29-25(3,4)5;1-16-14-18-10-7-8-13-21(18)23(19-11-9-12-20(15-19)26-6)22(16)24(17(2)27)28-25(3,4)5;1-14-12-15-8-6-7-9-17(15)21(16-10-11-18(25)19(13-16)26-5)20(14)22(23(27)28)29-24(2,3)4/h6-13,22H,1-4H3,(H,30,31);7-14,24H,1-5H3;7-15,24H,1-5H3;6-13,22H,1-4H3,(H,27,28)/t22-;2*24-;22-/m0110/s1. The molecule has 118 heavy (non-hydrogen) atoms. The number of alkyl halides is 3. The summed E-state index contributed by atoms with van der Waals surface area (Å²) in [5.74, 6) is -2.98. The molecule has 0 fully saturated rings. The van der Waals surface area contributed by atoms with Crippen LogP contribution in [0.5, 0.6) is 0 Å². The molecule has 14 nitrogen and oxygen atoms in total. The van der Waals surface area contributed by atoms with E-state index in [2.05, 4.69) is 37.6 Å². The fraction of sp³-hybridized carbons (Fsp3) is 0.273. The molecule has 0 spiro atoms. The molecular formula is C99H93ClF4N4O10. The summed E-state index contributed by atoms with van der Waals surface area (Å²) in [5.41, 5.74) is 8.60. The predicted molar refractivity (Wildman–Crippen MR) is 462 cm³/mol. The third kappa shape index (κ3) is 21.3. The second-order valence-electron chi connectivity index (χ2n) is 32.7. The molecule has 0 radical (unpaired) electrons. The van der Waals surface area contributed by atoms with Gasteiger partial charge in [0.2, 0.25) is 11.4 Å². The third-order valence-electron chi connectivity index (χ3n) is 19.0. The number of rotatable bonds is 16. The number of ether oxygens (including phenoxy) is 4. The molecule has 0 heterocycles. The van der Waals surface area contributed by atoms with Gasteiger partial charge in [-0.05, 0) is 276 Å². The second-order valence-corrected chi connectivity index (χ2v) is 33.1. The minimum absolute atomic E-state index is 0.0316. The zero-order valence-corrected chi connectivity index (χ0v) is 70.0. The SMILES string of the molecule is [C-]#[N+]c1cc(-c2c([C@H](OC(C)(C)C)C(=O)O)c(C)cc3ccccc23)ccc1Cl.[C-]#[N+]c1cc(-c2c([C@H](OC(C)(C)C)C(C)=O)c(C)cc3ccccc23)ccc1F.[C-]#[N+]c1cc(C(F)(F)F)ccc1-c1c([C@H](OC(C)(C)C)C(=O)O)c(C)cc2ccccc12.[C-]#[N+]c1cccc(-c2c([C@H](OC(C)(C)C)C(C)=O)c(C)cc3ccccc23)c1. The van der Waals surface area contributed by atoms with Crippen molar-refractivity contribution in [3.63, 3.8) is 0 Å². The number of hydrogen-bond donors (Lipinski definition) is 2. The van der Waals surface area contributed by atoms with Gasteiger partial charge in [-0.3, -0.25) is 9.59 Å². The van der Waals surface area contributed by atoms with E-state index in [1.807, 2.05) is 198 Å². The highest BCUT2D eigenvalue weighted by molar-refractivity contribution is 6.33. The van der Waals surface area contributed by atoms with Crippen molar-refractivity contribution in [3.8, 4) is 44.5 Å². The molecule has 12 rings (SSSR count). The van der Waals surface area contributed by atoms with E-state index in [0.717, 1.165) is 105 Å². The van der Waals surface area contributed by atoms with Crippen molar-refractivity contribution in [1.29, 1.82) is 0 Å². The predicted octanol–water partition coefficient (Wildman–Crippen LogP) is 28.0. The van der Waals surface area contributed by atoms with E-state index >= 15 is 0 Å². The Morgan fingerprint density at radius 1 is 0.373 bits per heavy atom. The number of benzene rings is 12. The summed E-state index contributed by atoms with van der Waals surface area (Å²) in [4.78, 5) is 63.5. The molecule has 12 aromatic rings. The molecule has 4 atom stereocenters. The van der Waals surface area contributed by atoms with Crippen LogP contribution in [-0.2, 0) is 44.3 Å². The van der Waals surface area contributed by atoms with Crippen molar-refractivity contribution in [2.24, 2.45) is 0 Å². The molecular weight excluding hydrogens is 1520 g/mol. The van der Waals surface area contributed by atoms with Crippen LogP contribution in [0.25, 0.3) is 107 Å². The molecule has 0 aliphatic heterocycles. The number of carbonyl (C=O) groups is 4. The summed E-state index contributed by atoms with van der Waals surface area (Å²) in [6.45, 7) is 62.5. The average molecular weight is 1610 g/mol. The number of hydrogen-bond acceptors (Lipinski definition) is 8. The van der Waals surface area contributed by atoms with Crippen molar-refractivity contribution in [3.05, 3.63) is 307 Å². The minimum atomic E-state index is -4.60. The summed E-state index contributed by atoms with van der Waals surface area (Å²) in [6.07, 6.45) is -8.57. The Balaban J connectivity index is 0.000000180. The highest BCUT2D eigenvalue weighted by atomic mass is 35.5. The van der Waals surface area contributed by atoms with Gasteiger partial charge in [0.25, 0.3) is 0 Å². The summed E-state index contributed by atoms with van der Waals surface area (Å²) in [5, 5.41) is 27.8. The van der Waals surface area contributed by atoms with Crippen molar-refractivity contribution >= 4 is 101 Å². The van der Waals surface area contributed by atoms with Crippen LogP contribution in [0.15, 0.2) is 200 Å². The van der Waals surface area contributed by atoms with Crippen LogP contribution in [-0.4, -0.2) is 56.1 Å². The molecule has 0 aliphatic rings. The van der Waals surface area contributed by atoms with E-state index in [-0.39, 0.29) is 28.5 Å². The molecule has 0 bridgehead atoms. The van der Waals surface area contributed by atoms with Crippen molar-refractivity contribution < 1.29 is 65.9 Å². The highest BCUT2D eigenvalue weighted by Crippen LogP contribution is 2.49. The fourth-order valence-electron chi connectivity index (χ4n) is 14.4. The second kappa shape index (κ2) is 36.5. The van der Waals surface area contributed by atoms with Crippen LogP contribution in [0.2, 0.25) is 5.02 Å². The van der Waals surface area contributed by atoms with Gasteiger partial charge in [-0.25, -0.2) is 33.4 Å². The van der Waals surface area contributed by atoms with Gasteiger partial charge in [0.05, 0.1) is 48.7 Å². The summed E-state index contributed by atoms with van der Waals surface area (Å²) >= 11 is 6.14. The normalized spacial score (nSPS) is 12.7. The summed E-state index contributed by atoms with van der Waals surface area (Å²) in [7, 11) is 0. The molecule has 604 valence electrons. The largest absolute Gasteiger partial charge is 0.479 e. The molecule has 0 unspecified atom stereocenters. The maximum Gasteiger partial charge on any atom is 0.415 e. The highest BCUT2D eigenvalue weighted by Gasteiger charge is 2.37. The molecule has 0 amide bonds. The number of aliphatic carboxylic acids is 2. The summed E-state index contributed by atoms with van der Waals surface area (Å²) < 4.78 is 78.0. The molecule has 0 aromatic heterocycles. The lowest BCUT2D eigenvalue weighted by atomic mass is 9.86. The van der Waals surface area contributed by atoms with Crippen molar-refractivity contribution in [2.45, 2.75) is 178 Å². The Kier molecular flexibility index (Phi) is 27.8. The summed E-state index contributed by atoms with van der Waals surface area (Å²) in [6, 6.07) is 59.1. The van der Waals surface area contributed by atoms with Gasteiger partial charge in [0, 0.05) is 21.7 Å². The number of halogens is 5. The van der Waals surface area contributed by atoms with E-state index in [4.69, 9.17) is 56.8 Å². The number of carboxylic acids is 2. The first-order valence-corrected chi connectivity index (χ1v) is 38.3. The zero-order chi connectivity index (χ0) is 87.0. The lowest BCUT2D eigenvalue weighted by molar-refractivity contribution is -0.161. The van der Waals surface area contributed by atoms with Crippen LogP contribution < -0.4 is 0 Å². The first-order chi connectivity index (χ1) is 55.3. The van der Waals surface area contributed by atoms with E-state index < -0.39 is 76.3 Å². The molecule has 0 aliphatic carbocycles. The van der Waals surface area contributed by atoms with Gasteiger partial charge >= 0.3 is 18.1 Å². The first kappa shape index (κ1) is 89.7. The van der Waals surface area contributed by atoms with Gasteiger partial charge < -0.3 is 29.2 Å². The van der Waals surface area contributed by atoms with Gasteiger partial charge in [-0.15, -0.1) is 0 Å². The number of Topliss-reactive ketones (excluding diaryl/α,β-unsaturated/α-hetero) is 2. The van der Waals surface area contributed by atoms with Crippen LogP contribution >= 0.6 is 11.6 Å². The topological polar surface area (TPSA) is 163 Å². The monoisotopic (exact) mass is 1610 g/mol. The van der Waals surface area contributed by atoms with Gasteiger partial charge in [-0.1, -0.05) is 181 Å². The number of nitrogens with zero attached hydrogens (tertiary/aromatic N) is 4. The fourth-order valence-corrected chi connectivity index (χ4v) is 14.6. The number of carboxylic acid groups (broad SMARTS) is 2. The van der Waals surface area contributed by atoms with Crippen LogP contribution in [0.4, 0.5) is 40.3 Å². The van der Waals surface area contributed by atoms with Crippen LogP contribution in [0, 0.1) is 59.8 Å². The molecule has 2 N–H and O–H groups in total. The average Bonchev–Trinajstić information content (AvgIpc) is 0.732. The third-order valence-corrected chi connectivity index (χ3v) is 19.3. The van der Waals surface area contributed by atoms with Gasteiger partial charge in [0.1, 0.15) is 18.0 Å². The first-order valence-electron chi connectivity index (χ1n) is 38.0. The van der Waals surface area contributed by atoms with Crippen molar-refractivity contribution in [1.82, 2.24) is 0 Å². The maximum atomic E-state index is 14.0. The van der Waals surface area contributed by atoms with E-state index in [9.17, 15) is 47.0 Å². The maximum absolute atomic E-state index is 14.0. The van der Waals surface area contributed by atoms with Gasteiger partial charge in [-0.2, -0.15) is 13.2 Å². The molecule has 19 heteroatoms. The van der Waals surface area contributed by atoms with E-state index in [0.29, 0.717) is 49.6 Å². The minimum Gasteiger partial charge on any atom is -0.479 e. The Labute approximate surface area is 691 Å². The lowest BCUT2D eigenvalue weighted by Gasteiger charge is -2.29. The number of aryl methyl sites for hydroxylation is 4. The Bertz CT molecular complexity index is 5890. The molecule has 12 aromatic carbocycles. The molecule has 0 saturated carbocycles. The van der Waals surface area contributed by atoms with E-state index in [1.54, 1.807) is 77.1 Å². The smallest absolute Gasteiger partial charge is 0.415 e. The van der Waals surface area contributed by atoms with Crippen LogP contribution in [0.3, 0.4) is 0 Å². The number of fused-ring (bicyclic) bond motifs is 4. The van der Waals surface area contributed by atoms with E-state index in [1.165, 1.54) is 19.1 Å². The Hall–Kier alpha value is -12.2. The quantitative estimate of drug-likeness (QED) is 0.0703. The number of carbonyl (C=O) groups excluding carboxylic acids is 2. The molecule has 0 saturated heterocycles. The Morgan fingerprint density at radius 3 is 1.05 bits per heavy atom. The number of ketones is 2. The van der Waals surface area contributed by atoms with Crippen molar-refractivity contribution in [2.75, 3.05) is 0 Å². The lowest BCUT2D eigenvalue weighted by Crippen LogP contribution is -2.28. The Morgan fingerprint density at radius 2 is 0.703 bits per heavy atom.